The molecule has 1 amide bonds. The van der Waals surface area contributed by atoms with Crippen molar-refractivity contribution >= 4 is 34.8 Å². The van der Waals surface area contributed by atoms with E-state index in [-0.39, 0.29) is 32.7 Å². The average Bonchev–Trinajstić information content (AvgIpc) is 3.31. The van der Waals surface area contributed by atoms with Crippen LogP contribution in [0.3, 0.4) is 0 Å². The Hall–Kier alpha value is -3.57. The number of carbonyl (C=O) groups is 1. The molecule has 1 N–H and O–H groups in total. The molecule has 0 bridgehead atoms. The number of benzene rings is 2. The lowest BCUT2D eigenvalue weighted by atomic mass is 10.1. The summed E-state index contributed by atoms with van der Waals surface area (Å²) in [7, 11) is 1.43. The van der Waals surface area contributed by atoms with Gasteiger partial charge in [-0.15, -0.1) is 0 Å². The van der Waals surface area contributed by atoms with Gasteiger partial charge in [-0.1, -0.05) is 40.5 Å². The van der Waals surface area contributed by atoms with Crippen LogP contribution in [0.2, 0.25) is 10.0 Å². The van der Waals surface area contributed by atoms with E-state index >= 15 is 0 Å². The van der Waals surface area contributed by atoms with Crippen LogP contribution in [0.4, 0.5) is 23.2 Å². The molecule has 0 saturated heterocycles. The molecule has 0 atom stereocenters. The van der Waals surface area contributed by atoms with E-state index in [0.29, 0.717) is 0 Å². The number of rotatable bonds is 4. The molecule has 35 heavy (non-hydrogen) atoms. The molecule has 0 aliphatic rings. The summed E-state index contributed by atoms with van der Waals surface area (Å²) in [5.74, 6) is -2.87. The molecule has 2 heterocycles. The Balaban J connectivity index is 1.80. The quantitative estimate of drug-likeness (QED) is 0.336. The van der Waals surface area contributed by atoms with Crippen molar-refractivity contribution in [3.05, 3.63) is 85.6 Å². The molecular formula is C22H14Cl2F4N4O3. The van der Waals surface area contributed by atoms with Crippen molar-refractivity contribution in [1.82, 2.24) is 14.5 Å². The van der Waals surface area contributed by atoms with E-state index in [4.69, 9.17) is 27.7 Å². The summed E-state index contributed by atoms with van der Waals surface area (Å²) in [6.07, 6.45) is -5.07. The Morgan fingerprint density at radius 1 is 1.14 bits per heavy atom. The van der Waals surface area contributed by atoms with Crippen molar-refractivity contribution in [3.63, 3.8) is 0 Å². The lowest BCUT2D eigenvalue weighted by molar-refractivity contribution is -0.137. The second-order valence-corrected chi connectivity index (χ2v) is 8.21. The number of para-hydroxylation sites is 1. The second-order valence-electron chi connectivity index (χ2n) is 7.36. The van der Waals surface area contributed by atoms with E-state index < -0.39 is 40.5 Å². The normalized spacial score (nSPS) is 11.7. The van der Waals surface area contributed by atoms with Crippen LogP contribution >= 0.6 is 23.2 Å². The molecule has 0 fully saturated rings. The number of carbonyl (C=O) groups excluding carboxylic acids is 1. The van der Waals surface area contributed by atoms with Gasteiger partial charge in [0.1, 0.15) is 22.8 Å². The first-order valence-electron chi connectivity index (χ1n) is 9.79. The molecule has 0 aliphatic carbocycles. The average molecular weight is 529 g/mol. The number of alkyl halides is 3. The van der Waals surface area contributed by atoms with Crippen LogP contribution < -0.4 is 10.9 Å². The summed E-state index contributed by atoms with van der Waals surface area (Å²) < 4.78 is 63.2. The molecule has 0 unspecified atom stereocenters. The van der Waals surface area contributed by atoms with Gasteiger partial charge in [0.25, 0.3) is 11.5 Å². The molecule has 182 valence electrons. The minimum absolute atomic E-state index is 0.110. The zero-order chi connectivity index (χ0) is 25.7. The molecule has 2 aromatic carbocycles. The fourth-order valence-corrected chi connectivity index (χ4v) is 3.98. The predicted molar refractivity (Wildman–Crippen MR) is 121 cm³/mol. The maximum Gasteiger partial charge on any atom is 0.422 e. The van der Waals surface area contributed by atoms with E-state index in [1.807, 2.05) is 0 Å². The number of aromatic nitrogens is 3. The van der Waals surface area contributed by atoms with Gasteiger partial charge in [-0.25, -0.2) is 9.07 Å². The fraction of sp³-hybridized carbons (Fsp3) is 0.136. The van der Waals surface area contributed by atoms with Gasteiger partial charge in [0.15, 0.2) is 11.5 Å². The topological polar surface area (TPSA) is 82.1 Å². The van der Waals surface area contributed by atoms with Crippen LogP contribution in [-0.2, 0) is 13.2 Å². The molecule has 0 radical (unpaired) electrons. The molecule has 7 nitrogen and oxygen atoms in total. The van der Waals surface area contributed by atoms with E-state index in [9.17, 15) is 27.2 Å². The second kappa shape index (κ2) is 8.90. The summed E-state index contributed by atoms with van der Waals surface area (Å²) in [5, 5.41) is 5.48. The largest absolute Gasteiger partial charge is 0.422 e. The molecule has 4 rings (SSSR count). The Morgan fingerprint density at radius 2 is 1.83 bits per heavy atom. The predicted octanol–water partition coefficient (Wildman–Crippen LogP) is 5.86. The standard InChI is InChI=1S/C22H14Cl2F4N4O3/c1-10-17(21(34)32(31(10)2)15-6-4-3-5-14(15)25)29-20(33)18-16(22(26,27)28)19(35-30-18)12-8-7-11(23)9-13(12)24/h3-9H,1-2H3,(H,29,33). The lowest BCUT2D eigenvalue weighted by Gasteiger charge is -2.09. The minimum Gasteiger partial charge on any atom is -0.355 e. The van der Waals surface area contributed by atoms with Crippen LogP contribution in [0.25, 0.3) is 17.0 Å². The Morgan fingerprint density at radius 3 is 2.46 bits per heavy atom. The molecular weight excluding hydrogens is 515 g/mol. The maximum absolute atomic E-state index is 14.3. The van der Waals surface area contributed by atoms with Crippen molar-refractivity contribution < 1.29 is 26.9 Å². The Labute approximate surface area is 204 Å². The molecule has 0 saturated carbocycles. The zero-order valence-corrected chi connectivity index (χ0v) is 19.4. The van der Waals surface area contributed by atoms with Gasteiger partial charge in [-0.3, -0.25) is 14.3 Å². The number of anilines is 1. The number of hydrogen-bond donors (Lipinski definition) is 1. The number of nitrogens with one attached hydrogen (secondary N) is 1. The van der Waals surface area contributed by atoms with Gasteiger partial charge in [-0.05, 0) is 37.3 Å². The highest BCUT2D eigenvalue weighted by atomic mass is 35.5. The van der Waals surface area contributed by atoms with E-state index in [0.717, 1.165) is 10.7 Å². The third-order valence-corrected chi connectivity index (χ3v) is 5.79. The summed E-state index contributed by atoms with van der Waals surface area (Å²) in [4.78, 5) is 25.9. The van der Waals surface area contributed by atoms with E-state index in [1.165, 1.54) is 55.1 Å². The number of halogens is 6. The number of nitrogens with zero attached hydrogens (tertiary/aromatic N) is 3. The van der Waals surface area contributed by atoms with Gasteiger partial charge in [0, 0.05) is 17.6 Å². The highest BCUT2D eigenvalue weighted by Gasteiger charge is 2.43. The van der Waals surface area contributed by atoms with Crippen molar-refractivity contribution in [2.24, 2.45) is 7.05 Å². The Bertz CT molecular complexity index is 1520. The van der Waals surface area contributed by atoms with Crippen LogP contribution in [0.15, 0.2) is 51.8 Å². The fourth-order valence-electron chi connectivity index (χ4n) is 3.49. The van der Waals surface area contributed by atoms with Crippen LogP contribution in [0.5, 0.6) is 0 Å². The monoisotopic (exact) mass is 528 g/mol. The third kappa shape index (κ3) is 4.32. The van der Waals surface area contributed by atoms with Crippen molar-refractivity contribution in [2.45, 2.75) is 13.1 Å². The molecule has 0 spiro atoms. The van der Waals surface area contributed by atoms with Crippen molar-refractivity contribution in [3.8, 4) is 17.0 Å². The van der Waals surface area contributed by atoms with E-state index in [2.05, 4.69) is 10.5 Å². The first-order valence-corrected chi connectivity index (χ1v) is 10.5. The highest BCUT2D eigenvalue weighted by molar-refractivity contribution is 6.36. The molecule has 2 aromatic heterocycles. The first kappa shape index (κ1) is 24.6. The van der Waals surface area contributed by atoms with Gasteiger partial charge < -0.3 is 9.84 Å². The minimum atomic E-state index is -5.07. The van der Waals surface area contributed by atoms with Gasteiger partial charge in [0.05, 0.1) is 10.7 Å². The maximum atomic E-state index is 14.3. The third-order valence-electron chi connectivity index (χ3n) is 5.24. The van der Waals surface area contributed by atoms with Crippen molar-refractivity contribution in [1.29, 1.82) is 0 Å². The smallest absolute Gasteiger partial charge is 0.355 e. The summed E-state index contributed by atoms with van der Waals surface area (Å²) in [6, 6.07) is 9.09. The van der Waals surface area contributed by atoms with Crippen LogP contribution in [0.1, 0.15) is 21.7 Å². The molecule has 13 heteroatoms. The number of amides is 1. The summed E-state index contributed by atoms with van der Waals surface area (Å²) in [5.41, 5.74) is -3.96. The van der Waals surface area contributed by atoms with E-state index in [1.54, 1.807) is 0 Å². The van der Waals surface area contributed by atoms with Crippen LogP contribution in [0, 0.1) is 12.7 Å². The van der Waals surface area contributed by atoms with Gasteiger partial charge in [0.2, 0.25) is 0 Å². The first-order chi connectivity index (χ1) is 16.4. The van der Waals surface area contributed by atoms with Gasteiger partial charge >= 0.3 is 6.18 Å². The van der Waals surface area contributed by atoms with Gasteiger partial charge in [-0.2, -0.15) is 13.2 Å². The lowest BCUT2D eigenvalue weighted by Crippen LogP contribution is -2.25. The molecule has 0 aliphatic heterocycles. The SMILES string of the molecule is Cc1c(NC(=O)c2noc(-c3ccc(Cl)cc3Cl)c2C(F)(F)F)c(=O)n(-c2ccccc2F)n1C. The Kier molecular flexibility index (Phi) is 6.24. The molecule has 4 aromatic rings. The van der Waals surface area contributed by atoms with Crippen LogP contribution in [-0.4, -0.2) is 20.4 Å². The number of hydrogen-bond acceptors (Lipinski definition) is 4. The zero-order valence-electron chi connectivity index (χ0n) is 17.9. The summed E-state index contributed by atoms with van der Waals surface area (Å²) in [6.45, 7) is 1.43. The highest BCUT2D eigenvalue weighted by Crippen LogP contribution is 2.42. The van der Waals surface area contributed by atoms with Crippen molar-refractivity contribution in [2.75, 3.05) is 5.32 Å². The summed E-state index contributed by atoms with van der Waals surface area (Å²) >= 11 is 11.8.